The van der Waals surface area contributed by atoms with E-state index in [2.05, 4.69) is 53.4 Å². The number of fused-ring (bicyclic) bond motifs is 1. The zero-order valence-corrected chi connectivity index (χ0v) is 18.2. The minimum Gasteiger partial charge on any atom is -0.497 e. The van der Waals surface area contributed by atoms with Gasteiger partial charge in [0.25, 0.3) is 0 Å². The van der Waals surface area contributed by atoms with E-state index in [1.54, 1.807) is 19.5 Å². The lowest BCUT2D eigenvalue weighted by Gasteiger charge is -2.22. The smallest absolute Gasteiger partial charge is 0.216 e. The molecule has 0 aliphatic carbocycles. The molecule has 0 atom stereocenters. The topological polar surface area (TPSA) is 79.9 Å². The number of H-pyrrole nitrogens is 1. The Morgan fingerprint density at radius 2 is 1.74 bits per heavy atom. The number of rotatable bonds is 6. The van der Waals surface area contributed by atoms with Crippen LogP contribution in [0, 0.1) is 0 Å². The molecule has 4 aromatic rings. The van der Waals surface area contributed by atoms with Crippen molar-refractivity contribution in [1.29, 1.82) is 0 Å². The molecule has 2 aromatic heterocycles. The van der Waals surface area contributed by atoms with E-state index in [9.17, 15) is 4.79 Å². The first-order valence-electron chi connectivity index (χ1n) is 10.2. The largest absolute Gasteiger partial charge is 0.497 e. The molecule has 4 rings (SSSR count). The van der Waals surface area contributed by atoms with Crippen molar-refractivity contribution in [2.75, 3.05) is 13.7 Å². The molecule has 0 aliphatic heterocycles. The molecule has 0 spiro atoms. The number of aromatic nitrogens is 3. The summed E-state index contributed by atoms with van der Waals surface area (Å²) < 4.78 is 5.34. The number of pyridine rings is 1. The van der Waals surface area contributed by atoms with Crippen molar-refractivity contribution in [3.8, 4) is 28.3 Å². The molecule has 0 aliphatic rings. The summed E-state index contributed by atoms with van der Waals surface area (Å²) >= 11 is 0. The molecule has 0 radical (unpaired) electrons. The second kappa shape index (κ2) is 8.22. The second-order valence-corrected chi connectivity index (χ2v) is 8.27. The Kier molecular flexibility index (Phi) is 5.46. The summed E-state index contributed by atoms with van der Waals surface area (Å²) in [5, 5.41) is 5.13. The third-order valence-electron chi connectivity index (χ3n) is 5.41. The van der Waals surface area contributed by atoms with Crippen LogP contribution in [0.4, 0.5) is 0 Å². The highest BCUT2D eigenvalue weighted by Crippen LogP contribution is 2.35. The molecule has 2 N–H and O–H groups in total. The number of nitrogens with one attached hydrogen (secondary N) is 2. The highest BCUT2D eigenvalue weighted by atomic mass is 16.5. The number of imidazole rings is 1. The summed E-state index contributed by atoms with van der Waals surface area (Å²) in [4.78, 5) is 24.1. The Labute approximate surface area is 181 Å². The lowest BCUT2D eigenvalue weighted by atomic mass is 9.92. The van der Waals surface area contributed by atoms with E-state index in [4.69, 9.17) is 9.72 Å². The van der Waals surface area contributed by atoms with E-state index in [1.807, 2.05) is 24.3 Å². The molecule has 6 heteroatoms. The highest BCUT2D eigenvalue weighted by Gasteiger charge is 2.27. The Bertz CT molecular complexity index is 1230. The predicted molar refractivity (Wildman–Crippen MR) is 123 cm³/mol. The maximum atomic E-state index is 11.4. The zero-order chi connectivity index (χ0) is 22.0. The minimum atomic E-state index is -0.365. The average Bonchev–Trinajstić information content (AvgIpc) is 3.24. The summed E-state index contributed by atoms with van der Waals surface area (Å²) in [6.45, 7) is 6.14. The number of hydrogen-bond donors (Lipinski definition) is 2. The van der Waals surface area contributed by atoms with Crippen LogP contribution in [-0.2, 0) is 10.2 Å². The zero-order valence-electron chi connectivity index (χ0n) is 18.2. The molecule has 0 saturated heterocycles. The summed E-state index contributed by atoms with van der Waals surface area (Å²) in [7, 11) is 1.67. The quantitative estimate of drug-likeness (QED) is 0.479. The van der Waals surface area contributed by atoms with Gasteiger partial charge in [-0.25, -0.2) is 4.98 Å². The molecule has 0 unspecified atom stereocenters. The van der Waals surface area contributed by atoms with Crippen LogP contribution in [0.1, 0.15) is 26.6 Å². The molecule has 158 valence electrons. The Morgan fingerprint density at radius 1 is 1.03 bits per heavy atom. The van der Waals surface area contributed by atoms with Crippen LogP contribution in [0.25, 0.3) is 33.3 Å². The molecule has 6 nitrogen and oxygen atoms in total. The third-order valence-corrected chi connectivity index (χ3v) is 5.41. The molecular weight excluding hydrogens is 388 g/mol. The number of aromatic amines is 1. The minimum absolute atomic E-state index is 0.0563. The number of nitrogens with zero attached hydrogens (tertiary/aromatic N) is 2. The van der Waals surface area contributed by atoms with E-state index in [0.29, 0.717) is 6.54 Å². The van der Waals surface area contributed by atoms with Crippen LogP contribution in [-0.4, -0.2) is 34.5 Å². The van der Waals surface area contributed by atoms with Crippen LogP contribution in [0.15, 0.2) is 60.9 Å². The summed E-state index contributed by atoms with van der Waals surface area (Å²) in [6.07, 6.45) is 3.55. The average molecular weight is 415 g/mol. The Hall–Kier alpha value is -3.67. The van der Waals surface area contributed by atoms with E-state index < -0.39 is 0 Å². The fraction of sp³-hybridized carbons (Fsp3) is 0.240. The maximum Gasteiger partial charge on any atom is 0.216 e. The van der Waals surface area contributed by atoms with Gasteiger partial charge in [0, 0.05) is 42.4 Å². The van der Waals surface area contributed by atoms with Crippen molar-refractivity contribution in [2.24, 2.45) is 0 Å². The number of carbonyl (C=O) groups is 1. The molecule has 31 heavy (non-hydrogen) atoms. The number of benzene rings is 2. The fourth-order valence-corrected chi connectivity index (χ4v) is 3.56. The van der Waals surface area contributed by atoms with Gasteiger partial charge >= 0.3 is 0 Å². The normalized spacial score (nSPS) is 11.5. The molecule has 0 fully saturated rings. The number of amides is 1. The molecule has 2 heterocycles. The van der Waals surface area contributed by atoms with Gasteiger partial charge in [0.05, 0.1) is 18.5 Å². The Morgan fingerprint density at radius 3 is 2.45 bits per heavy atom. The van der Waals surface area contributed by atoms with Gasteiger partial charge in [-0.05, 0) is 41.1 Å². The molecule has 0 saturated carbocycles. The van der Waals surface area contributed by atoms with Gasteiger partial charge < -0.3 is 15.0 Å². The monoisotopic (exact) mass is 414 g/mol. The predicted octanol–water partition coefficient (Wildman–Crippen LogP) is 4.71. The SMILES string of the molecule is COc1ccc2cc(-c3nc(C(C)(C)CNC(C)=O)[nH]c3-c3ccncc3)ccc2c1. The number of ether oxygens (including phenoxy) is 1. The van der Waals surface area contributed by atoms with Crippen molar-refractivity contribution >= 4 is 16.7 Å². The first-order valence-corrected chi connectivity index (χ1v) is 10.2. The summed E-state index contributed by atoms with van der Waals surface area (Å²) in [5.74, 6) is 1.59. The summed E-state index contributed by atoms with van der Waals surface area (Å²) in [6, 6.07) is 16.3. The first kappa shape index (κ1) is 20.6. The van der Waals surface area contributed by atoms with E-state index in [-0.39, 0.29) is 11.3 Å². The fourth-order valence-electron chi connectivity index (χ4n) is 3.56. The van der Waals surface area contributed by atoms with Crippen molar-refractivity contribution in [2.45, 2.75) is 26.2 Å². The van der Waals surface area contributed by atoms with Crippen molar-refractivity contribution in [3.63, 3.8) is 0 Å². The lowest BCUT2D eigenvalue weighted by molar-refractivity contribution is -0.119. The van der Waals surface area contributed by atoms with Gasteiger partial charge in [-0.3, -0.25) is 9.78 Å². The van der Waals surface area contributed by atoms with Gasteiger partial charge in [-0.1, -0.05) is 32.0 Å². The van der Waals surface area contributed by atoms with Gasteiger partial charge in [-0.2, -0.15) is 0 Å². The third kappa shape index (κ3) is 4.28. The van der Waals surface area contributed by atoms with Crippen molar-refractivity contribution in [1.82, 2.24) is 20.3 Å². The van der Waals surface area contributed by atoms with Gasteiger partial charge in [0.2, 0.25) is 5.91 Å². The maximum absolute atomic E-state index is 11.4. The number of carbonyl (C=O) groups excluding carboxylic acids is 1. The van der Waals surface area contributed by atoms with Crippen LogP contribution in [0.3, 0.4) is 0 Å². The Balaban J connectivity index is 1.83. The van der Waals surface area contributed by atoms with Crippen molar-refractivity contribution < 1.29 is 9.53 Å². The highest BCUT2D eigenvalue weighted by molar-refractivity contribution is 5.90. The number of hydrogen-bond acceptors (Lipinski definition) is 4. The van der Waals surface area contributed by atoms with Crippen LogP contribution >= 0.6 is 0 Å². The second-order valence-electron chi connectivity index (χ2n) is 8.27. The van der Waals surface area contributed by atoms with Crippen LogP contribution in [0.2, 0.25) is 0 Å². The van der Waals surface area contributed by atoms with Crippen molar-refractivity contribution in [3.05, 3.63) is 66.7 Å². The van der Waals surface area contributed by atoms with E-state index in [0.717, 1.165) is 44.9 Å². The van der Waals surface area contributed by atoms with Gasteiger partial charge in [0.15, 0.2) is 0 Å². The van der Waals surface area contributed by atoms with Gasteiger partial charge in [-0.15, -0.1) is 0 Å². The van der Waals surface area contributed by atoms with E-state index >= 15 is 0 Å². The lowest BCUT2D eigenvalue weighted by Crippen LogP contribution is -2.36. The summed E-state index contributed by atoms with van der Waals surface area (Å²) in [5.41, 5.74) is 3.46. The first-order chi connectivity index (χ1) is 14.9. The van der Waals surface area contributed by atoms with Crippen LogP contribution in [0.5, 0.6) is 5.75 Å². The molecule has 2 aromatic carbocycles. The molecule has 0 bridgehead atoms. The molecular formula is C25H26N4O2. The molecule has 1 amide bonds. The van der Waals surface area contributed by atoms with Gasteiger partial charge in [0.1, 0.15) is 11.6 Å². The standard InChI is InChI=1S/C25H26N4O2/c1-16(30)27-15-25(2,3)24-28-22(17-9-11-26-12-10-17)23(29-24)20-6-5-19-14-21(31-4)8-7-18(19)13-20/h5-14H,15H2,1-4H3,(H,27,30)(H,28,29). The number of methoxy groups -OCH3 is 1. The van der Waals surface area contributed by atoms with E-state index in [1.165, 1.54) is 6.92 Å². The van der Waals surface area contributed by atoms with Crippen LogP contribution < -0.4 is 10.1 Å².